The summed E-state index contributed by atoms with van der Waals surface area (Å²) >= 11 is 0. The second kappa shape index (κ2) is 12.1. The molecule has 6 nitrogen and oxygen atoms in total. The maximum atomic E-state index is 9.89. The Labute approximate surface area is 214 Å². The zero-order valence-corrected chi connectivity index (χ0v) is 21.4. The van der Waals surface area contributed by atoms with Crippen LogP contribution in [0.15, 0.2) is 78.0 Å². The first-order valence-corrected chi connectivity index (χ1v) is 12.6. The lowest BCUT2D eigenvalue weighted by Crippen LogP contribution is -2.43. The number of pyridine rings is 1. The number of nitrogens with one attached hydrogen (secondary N) is 1. The first kappa shape index (κ1) is 25.7. The van der Waals surface area contributed by atoms with Crippen molar-refractivity contribution >= 4 is 11.4 Å². The third-order valence-corrected chi connectivity index (χ3v) is 6.52. The second-order valence-corrected chi connectivity index (χ2v) is 9.79. The summed E-state index contributed by atoms with van der Waals surface area (Å²) in [6, 6.07) is 20.3. The van der Waals surface area contributed by atoms with Gasteiger partial charge >= 0.3 is 0 Å². The number of hydrogen-bond donors (Lipinski definition) is 2. The molecule has 0 spiro atoms. The Morgan fingerprint density at radius 1 is 0.972 bits per heavy atom. The van der Waals surface area contributed by atoms with Gasteiger partial charge in [0.25, 0.3) is 0 Å². The molecule has 6 heteroatoms. The molecular formula is C30H36N4O2. The van der Waals surface area contributed by atoms with E-state index in [9.17, 15) is 5.11 Å². The summed E-state index contributed by atoms with van der Waals surface area (Å²) in [6.07, 6.45) is 3.03. The third kappa shape index (κ3) is 6.65. The normalized spacial score (nSPS) is 15.9. The standard InChI is InChI=1S/C30H36N4O2/c1-21(2)24-6-4-23(5-7-24)20-36-27-10-8-25(9-11-27)29(30(31)26-12-14-32-15-13-26)28-19-34(17-16-33-28)18-22(3)35/h4-15,21-22,29,31,35H,16-20H2,1-3H3. The quantitative estimate of drug-likeness (QED) is 0.394. The lowest BCUT2D eigenvalue weighted by molar-refractivity contribution is 0.135. The highest BCUT2D eigenvalue weighted by molar-refractivity contribution is 6.18. The van der Waals surface area contributed by atoms with E-state index in [1.165, 1.54) is 5.56 Å². The number of ether oxygens (including phenoxy) is 1. The number of aliphatic imine (C=N–C) groups is 1. The van der Waals surface area contributed by atoms with E-state index in [0.717, 1.165) is 34.7 Å². The molecule has 1 aliphatic rings. The zero-order chi connectivity index (χ0) is 25.5. The van der Waals surface area contributed by atoms with Gasteiger partial charge in [0.2, 0.25) is 0 Å². The van der Waals surface area contributed by atoms with Gasteiger partial charge in [0.05, 0.1) is 24.3 Å². The monoisotopic (exact) mass is 484 g/mol. The molecule has 0 bridgehead atoms. The fourth-order valence-corrected chi connectivity index (χ4v) is 4.55. The van der Waals surface area contributed by atoms with Crippen molar-refractivity contribution in [3.8, 4) is 5.75 Å². The lowest BCUT2D eigenvalue weighted by atomic mass is 9.85. The number of aliphatic hydroxyl groups is 1. The number of β-amino-alcohol motifs (C(OH)–C–C–N with tert-alkyl or cyclic N) is 1. The van der Waals surface area contributed by atoms with E-state index in [1.54, 1.807) is 19.3 Å². The van der Waals surface area contributed by atoms with Crippen LogP contribution in [-0.4, -0.2) is 58.7 Å². The Bertz CT molecular complexity index is 1160. The average Bonchev–Trinajstić information content (AvgIpc) is 2.89. The summed E-state index contributed by atoms with van der Waals surface area (Å²) in [5, 5.41) is 18.9. The molecule has 0 amide bonds. The van der Waals surface area contributed by atoms with Gasteiger partial charge in [0.15, 0.2) is 0 Å². The molecule has 3 aromatic rings. The fourth-order valence-electron chi connectivity index (χ4n) is 4.55. The van der Waals surface area contributed by atoms with E-state index in [4.69, 9.17) is 15.1 Å². The van der Waals surface area contributed by atoms with Crippen LogP contribution in [0, 0.1) is 5.41 Å². The van der Waals surface area contributed by atoms with Gasteiger partial charge in [-0.25, -0.2) is 0 Å². The van der Waals surface area contributed by atoms with Crippen LogP contribution in [0.25, 0.3) is 0 Å². The summed E-state index contributed by atoms with van der Waals surface area (Å²) < 4.78 is 6.05. The van der Waals surface area contributed by atoms with Crippen LogP contribution in [0.1, 0.15) is 54.9 Å². The van der Waals surface area contributed by atoms with E-state index in [0.29, 0.717) is 37.9 Å². The molecule has 0 fully saturated rings. The first-order valence-electron chi connectivity index (χ1n) is 12.6. The SMILES string of the molecule is CC(O)CN1CCN=C(C(C(=N)c2ccncc2)c2ccc(OCc3ccc(C(C)C)cc3)cc2)C1. The molecule has 2 atom stereocenters. The van der Waals surface area contributed by atoms with Crippen molar-refractivity contribution in [2.45, 2.75) is 45.3 Å². The van der Waals surface area contributed by atoms with Crippen molar-refractivity contribution in [1.82, 2.24) is 9.88 Å². The minimum Gasteiger partial charge on any atom is -0.489 e. The summed E-state index contributed by atoms with van der Waals surface area (Å²) in [6.45, 7) is 9.41. The number of benzene rings is 2. The summed E-state index contributed by atoms with van der Waals surface area (Å²) in [7, 11) is 0. The van der Waals surface area contributed by atoms with E-state index in [1.807, 2.05) is 36.4 Å². The molecule has 1 aliphatic heterocycles. The maximum Gasteiger partial charge on any atom is 0.119 e. The number of nitrogens with zero attached hydrogens (tertiary/aromatic N) is 3. The topological polar surface area (TPSA) is 81.8 Å². The van der Waals surface area contributed by atoms with E-state index in [-0.39, 0.29) is 5.92 Å². The summed E-state index contributed by atoms with van der Waals surface area (Å²) in [5.74, 6) is 1.03. The van der Waals surface area contributed by atoms with Crippen molar-refractivity contribution in [3.63, 3.8) is 0 Å². The van der Waals surface area contributed by atoms with Crippen molar-refractivity contribution in [1.29, 1.82) is 5.41 Å². The molecule has 2 N–H and O–H groups in total. The van der Waals surface area contributed by atoms with Crippen molar-refractivity contribution in [2.24, 2.45) is 4.99 Å². The highest BCUT2D eigenvalue weighted by Crippen LogP contribution is 2.27. The van der Waals surface area contributed by atoms with E-state index >= 15 is 0 Å². The van der Waals surface area contributed by atoms with Crippen molar-refractivity contribution < 1.29 is 9.84 Å². The molecule has 188 valence electrons. The molecule has 0 radical (unpaired) electrons. The molecule has 1 aromatic heterocycles. The molecule has 2 heterocycles. The smallest absolute Gasteiger partial charge is 0.119 e. The van der Waals surface area contributed by atoms with Crippen LogP contribution in [0.4, 0.5) is 0 Å². The Morgan fingerprint density at radius 2 is 1.64 bits per heavy atom. The van der Waals surface area contributed by atoms with E-state index < -0.39 is 6.10 Å². The number of aromatic nitrogens is 1. The summed E-state index contributed by atoms with van der Waals surface area (Å²) in [5.41, 5.74) is 5.73. The van der Waals surface area contributed by atoms with Crippen molar-refractivity contribution in [3.05, 3.63) is 95.3 Å². The zero-order valence-electron chi connectivity index (χ0n) is 21.4. The molecule has 0 saturated carbocycles. The minimum absolute atomic E-state index is 0.276. The third-order valence-electron chi connectivity index (χ3n) is 6.52. The molecule has 36 heavy (non-hydrogen) atoms. The van der Waals surface area contributed by atoms with Crippen LogP contribution in [0.3, 0.4) is 0 Å². The highest BCUT2D eigenvalue weighted by Gasteiger charge is 2.28. The van der Waals surface area contributed by atoms with Crippen LogP contribution < -0.4 is 4.74 Å². The average molecular weight is 485 g/mol. The predicted octanol–water partition coefficient (Wildman–Crippen LogP) is 5.07. The van der Waals surface area contributed by atoms with Gasteiger partial charge in [-0.1, -0.05) is 50.2 Å². The molecule has 4 rings (SSSR count). The summed E-state index contributed by atoms with van der Waals surface area (Å²) in [4.78, 5) is 11.2. The Morgan fingerprint density at radius 3 is 2.28 bits per heavy atom. The van der Waals surface area contributed by atoms with Gasteiger partial charge in [0.1, 0.15) is 12.4 Å². The second-order valence-electron chi connectivity index (χ2n) is 9.79. The number of hydrogen-bond acceptors (Lipinski definition) is 6. The Balaban J connectivity index is 1.52. The minimum atomic E-state index is -0.402. The van der Waals surface area contributed by atoms with Crippen LogP contribution in [-0.2, 0) is 6.61 Å². The molecular weight excluding hydrogens is 448 g/mol. The van der Waals surface area contributed by atoms with Crippen molar-refractivity contribution in [2.75, 3.05) is 26.2 Å². The predicted molar refractivity (Wildman–Crippen MR) is 146 cm³/mol. The van der Waals surface area contributed by atoms with Gasteiger partial charge in [-0.15, -0.1) is 0 Å². The fraction of sp³-hybridized carbons (Fsp3) is 0.367. The lowest BCUT2D eigenvalue weighted by Gasteiger charge is -2.31. The van der Waals surface area contributed by atoms with Gasteiger partial charge in [-0.3, -0.25) is 14.9 Å². The molecule has 0 saturated heterocycles. The Kier molecular flexibility index (Phi) is 8.62. The van der Waals surface area contributed by atoms with Gasteiger partial charge < -0.3 is 15.3 Å². The molecule has 2 unspecified atom stereocenters. The van der Waals surface area contributed by atoms with E-state index in [2.05, 4.69) is 48.0 Å². The molecule has 2 aromatic carbocycles. The molecule has 0 aliphatic carbocycles. The number of rotatable bonds is 10. The van der Waals surface area contributed by atoms with Gasteiger partial charge in [0, 0.05) is 37.7 Å². The van der Waals surface area contributed by atoms with Gasteiger partial charge in [-0.05, 0) is 59.4 Å². The maximum absolute atomic E-state index is 9.89. The van der Waals surface area contributed by atoms with Gasteiger partial charge in [-0.2, -0.15) is 0 Å². The first-order chi connectivity index (χ1) is 17.4. The van der Waals surface area contributed by atoms with Crippen LogP contribution >= 0.6 is 0 Å². The van der Waals surface area contributed by atoms with Crippen LogP contribution in [0.5, 0.6) is 5.75 Å². The highest BCUT2D eigenvalue weighted by atomic mass is 16.5. The largest absolute Gasteiger partial charge is 0.489 e. The Hall–Kier alpha value is -3.35. The van der Waals surface area contributed by atoms with Crippen LogP contribution in [0.2, 0.25) is 0 Å². The number of aliphatic hydroxyl groups excluding tert-OH is 1.